The van der Waals surface area contributed by atoms with E-state index in [9.17, 15) is 0 Å². The third kappa shape index (κ3) is 3.57. The van der Waals surface area contributed by atoms with Crippen LogP contribution in [0, 0.1) is 0 Å². The minimum Gasteiger partial charge on any atom is -0.373 e. The molecule has 8 heteroatoms. The van der Waals surface area contributed by atoms with Crippen LogP contribution in [-0.2, 0) is 4.74 Å². The number of halogens is 1. The van der Waals surface area contributed by atoms with Crippen molar-refractivity contribution in [2.24, 2.45) is 0 Å². The summed E-state index contributed by atoms with van der Waals surface area (Å²) in [6, 6.07) is 0. The molecular formula is C15H23ClN6O. The fraction of sp³-hybridized carbons (Fsp3) is 0.667. The Morgan fingerprint density at radius 2 is 2.04 bits per heavy atom. The van der Waals surface area contributed by atoms with Gasteiger partial charge < -0.3 is 15.0 Å². The molecule has 0 aromatic carbocycles. The molecule has 3 heterocycles. The van der Waals surface area contributed by atoms with Crippen LogP contribution in [-0.4, -0.2) is 62.2 Å². The fourth-order valence-corrected chi connectivity index (χ4v) is 3.18. The molecule has 3 rings (SSSR count). The van der Waals surface area contributed by atoms with Gasteiger partial charge in [-0.1, -0.05) is 0 Å². The number of anilines is 1. The van der Waals surface area contributed by atoms with Crippen LogP contribution in [0.2, 0.25) is 5.28 Å². The summed E-state index contributed by atoms with van der Waals surface area (Å²) < 4.78 is 5.82. The number of ether oxygens (including phenoxy) is 1. The molecule has 1 saturated heterocycles. The van der Waals surface area contributed by atoms with Gasteiger partial charge in [0.25, 0.3) is 0 Å². The first-order chi connectivity index (χ1) is 10.8. The molecule has 0 spiro atoms. The van der Waals surface area contributed by atoms with Gasteiger partial charge in [-0.15, -0.1) is 0 Å². The number of morpholine rings is 1. The van der Waals surface area contributed by atoms with Crippen molar-refractivity contribution in [3.05, 3.63) is 11.6 Å². The topological polar surface area (TPSA) is 79.0 Å². The van der Waals surface area contributed by atoms with Crippen molar-refractivity contribution in [1.29, 1.82) is 0 Å². The van der Waals surface area contributed by atoms with Gasteiger partial charge >= 0.3 is 0 Å². The Hall–Kier alpha value is -1.44. The minimum absolute atomic E-state index is 0.0456. The third-order valence-corrected chi connectivity index (χ3v) is 4.39. The second-order valence-electron chi connectivity index (χ2n) is 6.77. The van der Waals surface area contributed by atoms with Crippen molar-refractivity contribution >= 4 is 28.6 Å². The lowest BCUT2D eigenvalue weighted by atomic mass is 10.00. The quantitative estimate of drug-likeness (QED) is 0.833. The lowest BCUT2D eigenvalue weighted by Gasteiger charge is -2.45. The van der Waals surface area contributed by atoms with Crippen LogP contribution >= 0.6 is 11.6 Å². The van der Waals surface area contributed by atoms with E-state index >= 15 is 0 Å². The molecule has 2 unspecified atom stereocenters. The van der Waals surface area contributed by atoms with E-state index in [2.05, 4.69) is 57.8 Å². The smallest absolute Gasteiger partial charge is 0.226 e. The highest BCUT2D eigenvalue weighted by molar-refractivity contribution is 6.28. The molecule has 0 bridgehead atoms. The summed E-state index contributed by atoms with van der Waals surface area (Å²) in [6.07, 6.45) is 2.08. The average Bonchev–Trinajstić information content (AvgIpc) is 2.92. The van der Waals surface area contributed by atoms with Crippen LogP contribution in [0.3, 0.4) is 0 Å². The normalized spacial score (nSPS) is 23.3. The molecule has 2 aromatic rings. The van der Waals surface area contributed by atoms with Gasteiger partial charge in [0.2, 0.25) is 5.28 Å². The van der Waals surface area contributed by atoms with Crippen molar-refractivity contribution in [1.82, 2.24) is 24.8 Å². The number of hydrogen-bond acceptors (Lipinski definition) is 6. The summed E-state index contributed by atoms with van der Waals surface area (Å²) >= 11 is 5.97. The van der Waals surface area contributed by atoms with Crippen LogP contribution in [0.25, 0.3) is 11.2 Å². The summed E-state index contributed by atoms with van der Waals surface area (Å²) in [7, 11) is 0. The number of imidazole rings is 1. The van der Waals surface area contributed by atoms with Crippen molar-refractivity contribution in [2.45, 2.75) is 45.4 Å². The number of nitrogens with one attached hydrogen (secondary N) is 2. The van der Waals surface area contributed by atoms with Gasteiger partial charge in [-0.05, 0) is 39.3 Å². The van der Waals surface area contributed by atoms with Gasteiger partial charge in [-0.3, -0.25) is 4.90 Å². The summed E-state index contributed by atoms with van der Waals surface area (Å²) in [5.74, 6) is 0.680. The number of nitrogens with zero attached hydrogens (tertiary/aromatic N) is 4. The Labute approximate surface area is 140 Å². The molecule has 7 nitrogen and oxygen atoms in total. The second-order valence-corrected chi connectivity index (χ2v) is 7.11. The van der Waals surface area contributed by atoms with Crippen molar-refractivity contribution in [3.8, 4) is 0 Å². The average molecular weight is 339 g/mol. The molecule has 0 aliphatic carbocycles. The number of hydrogen-bond donors (Lipinski definition) is 2. The van der Waals surface area contributed by atoms with Crippen LogP contribution in [0.1, 0.15) is 27.7 Å². The predicted molar refractivity (Wildman–Crippen MR) is 90.8 cm³/mol. The highest BCUT2D eigenvalue weighted by Crippen LogP contribution is 2.24. The predicted octanol–water partition coefficient (Wildman–Crippen LogP) is 2.31. The van der Waals surface area contributed by atoms with E-state index in [4.69, 9.17) is 16.3 Å². The Morgan fingerprint density at radius 1 is 1.35 bits per heavy atom. The van der Waals surface area contributed by atoms with Gasteiger partial charge in [-0.2, -0.15) is 9.97 Å². The van der Waals surface area contributed by atoms with Gasteiger partial charge in [-0.25, -0.2) is 4.98 Å². The van der Waals surface area contributed by atoms with Crippen LogP contribution in [0.4, 0.5) is 5.82 Å². The molecule has 2 N–H and O–H groups in total. The summed E-state index contributed by atoms with van der Waals surface area (Å²) in [6.45, 7) is 11.2. The first-order valence-electron chi connectivity index (χ1n) is 7.86. The van der Waals surface area contributed by atoms with Crippen LogP contribution in [0.5, 0.6) is 0 Å². The third-order valence-electron chi connectivity index (χ3n) is 4.22. The first-order valence-corrected chi connectivity index (χ1v) is 8.24. The highest BCUT2D eigenvalue weighted by atomic mass is 35.5. The van der Waals surface area contributed by atoms with E-state index in [1.165, 1.54) is 0 Å². The van der Waals surface area contributed by atoms with Gasteiger partial charge in [0, 0.05) is 25.2 Å². The molecule has 126 valence electrons. The zero-order chi connectivity index (χ0) is 16.6. The standard InChI is InChI=1S/C15H23ClN6O/c1-9-5-22(6-10(2)23-9)15(3,4)7-17-12-11-13(19-8-18-11)21-14(16)20-12/h8-10H,5-7H2,1-4H3,(H2,17,18,19,20,21). The number of H-pyrrole nitrogens is 1. The lowest BCUT2D eigenvalue weighted by molar-refractivity contribution is -0.0933. The molecule has 1 fully saturated rings. The second kappa shape index (κ2) is 6.22. The Bertz CT molecular complexity index is 678. The fourth-order valence-electron chi connectivity index (χ4n) is 3.02. The Morgan fingerprint density at radius 3 is 2.74 bits per heavy atom. The zero-order valence-electron chi connectivity index (χ0n) is 13.9. The zero-order valence-corrected chi connectivity index (χ0v) is 14.7. The van der Waals surface area contributed by atoms with E-state index < -0.39 is 0 Å². The molecule has 0 amide bonds. The molecule has 2 aromatic heterocycles. The number of rotatable bonds is 4. The maximum atomic E-state index is 5.97. The SMILES string of the molecule is CC1CN(C(C)(C)CNc2nc(Cl)nc3nc[nH]c23)CC(C)O1. The molecule has 2 atom stereocenters. The van der Waals surface area contributed by atoms with E-state index in [1.807, 2.05) is 0 Å². The molecule has 0 saturated carbocycles. The Kier molecular flexibility index (Phi) is 4.44. The van der Waals surface area contributed by atoms with Crippen molar-refractivity contribution in [3.63, 3.8) is 0 Å². The molecule has 23 heavy (non-hydrogen) atoms. The first kappa shape index (κ1) is 16.4. The maximum Gasteiger partial charge on any atom is 0.226 e. The van der Waals surface area contributed by atoms with Gasteiger partial charge in [0.05, 0.1) is 18.5 Å². The Balaban J connectivity index is 1.74. The van der Waals surface area contributed by atoms with E-state index in [1.54, 1.807) is 6.33 Å². The van der Waals surface area contributed by atoms with Crippen LogP contribution in [0.15, 0.2) is 6.33 Å². The van der Waals surface area contributed by atoms with E-state index in [-0.39, 0.29) is 23.0 Å². The number of fused-ring (bicyclic) bond motifs is 1. The van der Waals surface area contributed by atoms with E-state index in [0.717, 1.165) is 25.2 Å². The molecular weight excluding hydrogens is 316 g/mol. The number of aromatic nitrogens is 4. The summed E-state index contributed by atoms with van der Waals surface area (Å²) in [4.78, 5) is 18.0. The lowest BCUT2D eigenvalue weighted by Crippen LogP contribution is -2.57. The van der Waals surface area contributed by atoms with Crippen molar-refractivity contribution < 1.29 is 4.74 Å². The number of aromatic amines is 1. The van der Waals surface area contributed by atoms with Gasteiger partial charge in [0.1, 0.15) is 5.52 Å². The minimum atomic E-state index is -0.0456. The molecule has 1 aliphatic heterocycles. The molecule has 0 radical (unpaired) electrons. The van der Waals surface area contributed by atoms with Gasteiger partial charge in [0.15, 0.2) is 11.5 Å². The summed E-state index contributed by atoms with van der Waals surface area (Å²) in [5.41, 5.74) is 1.30. The summed E-state index contributed by atoms with van der Waals surface area (Å²) in [5, 5.41) is 3.59. The monoisotopic (exact) mass is 338 g/mol. The van der Waals surface area contributed by atoms with Crippen molar-refractivity contribution in [2.75, 3.05) is 25.0 Å². The highest BCUT2D eigenvalue weighted by Gasteiger charge is 2.33. The largest absolute Gasteiger partial charge is 0.373 e. The maximum absolute atomic E-state index is 5.97. The van der Waals surface area contributed by atoms with Crippen LogP contribution < -0.4 is 5.32 Å². The molecule has 1 aliphatic rings. The van der Waals surface area contributed by atoms with E-state index in [0.29, 0.717) is 11.5 Å².